The van der Waals surface area contributed by atoms with Gasteiger partial charge in [-0.05, 0) is 232 Å². The molecule has 1 saturated heterocycles. The summed E-state index contributed by atoms with van der Waals surface area (Å²) < 4.78 is 92.7. The zero-order chi connectivity index (χ0) is 91.6. The van der Waals surface area contributed by atoms with Gasteiger partial charge in [-0.2, -0.15) is 4.57 Å². The molecule has 0 aliphatic carbocycles. The number of rotatable bonds is 19. The topological polar surface area (TPSA) is 242 Å². The van der Waals surface area contributed by atoms with E-state index in [0.717, 1.165) is 53.6 Å². The van der Waals surface area contributed by atoms with Crippen LogP contribution in [0.25, 0.3) is 22.1 Å². The number of amides is 1. The van der Waals surface area contributed by atoms with Gasteiger partial charge in [-0.1, -0.05) is 101 Å². The lowest BCUT2D eigenvalue weighted by molar-refractivity contribution is -0.686. The third kappa shape index (κ3) is 28.9. The van der Waals surface area contributed by atoms with E-state index >= 15 is 0 Å². The van der Waals surface area contributed by atoms with Gasteiger partial charge in [0, 0.05) is 132 Å². The van der Waals surface area contributed by atoms with Crippen molar-refractivity contribution in [2.75, 3.05) is 38.0 Å². The molecule has 1 aliphatic rings. The Kier molecular flexibility index (Phi) is 38.4. The number of hydrogen-bond donors (Lipinski definition) is 2. The molecule has 1 amide bonds. The van der Waals surface area contributed by atoms with Crippen LogP contribution < -0.4 is 32.6 Å². The van der Waals surface area contributed by atoms with E-state index in [1.807, 2.05) is 114 Å². The summed E-state index contributed by atoms with van der Waals surface area (Å²) in [6.07, 6.45) is 26.5. The number of halogens is 10. The van der Waals surface area contributed by atoms with Crippen LogP contribution in [0.2, 0.25) is 20.1 Å². The molecular weight excluding hydrogens is 1810 g/mol. The maximum atomic E-state index is 13.2. The summed E-state index contributed by atoms with van der Waals surface area (Å²) in [5.74, 6) is -4.49. The van der Waals surface area contributed by atoms with Gasteiger partial charge in [0.1, 0.15) is 42.6 Å². The van der Waals surface area contributed by atoms with Crippen LogP contribution >= 0.6 is 46.4 Å². The summed E-state index contributed by atoms with van der Waals surface area (Å²) in [4.78, 5) is 92.3. The van der Waals surface area contributed by atoms with E-state index in [2.05, 4.69) is 36.6 Å². The molecular formula is C98H82BBrCl4F5N9O11. The van der Waals surface area contributed by atoms with E-state index in [-0.39, 0.29) is 110 Å². The van der Waals surface area contributed by atoms with Crippen molar-refractivity contribution >= 4 is 129 Å². The Morgan fingerprint density at radius 1 is 0.512 bits per heavy atom. The Morgan fingerprint density at radius 2 is 0.969 bits per heavy atom. The van der Waals surface area contributed by atoms with Crippen LogP contribution in [0.1, 0.15) is 112 Å². The van der Waals surface area contributed by atoms with Gasteiger partial charge in [-0.15, -0.1) is 0 Å². The van der Waals surface area contributed by atoms with Crippen molar-refractivity contribution in [3.8, 4) is 0 Å². The van der Waals surface area contributed by atoms with E-state index < -0.39 is 23.5 Å². The van der Waals surface area contributed by atoms with E-state index in [1.165, 1.54) is 158 Å². The molecule has 1 fully saturated rings. The van der Waals surface area contributed by atoms with Crippen LogP contribution in [-0.2, 0) is 47.9 Å². The van der Waals surface area contributed by atoms with Crippen LogP contribution in [0.4, 0.5) is 33.3 Å². The fraction of sp³-hybridized carbons (Fsp3) is 0.122. The van der Waals surface area contributed by atoms with Crippen molar-refractivity contribution in [2.24, 2.45) is 0 Å². The van der Waals surface area contributed by atoms with E-state index in [9.17, 15) is 55.5 Å². The minimum atomic E-state index is -0.874. The van der Waals surface area contributed by atoms with Gasteiger partial charge in [0.15, 0.2) is 29.7 Å². The molecule has 0 bridgehead atoms. The van der Waals surface area contributed by atoms with Gasteiger partial charge in [-0.25, -0.2) is 31.5 Å². The Bertz CT molecular complexity index is 6450. The van der Waals surface area contributed by atoms with Gasteiger partial charge in [0.25, 0.3) is 11.7 Å². The van der Waals surface area contributed by atoms with Crippen molar-refractivity contribution in [3.63, 3.8) is 0 Å². The van der Waals surface area contributed by atoms with E-state index in [4.69, 9.17) is 74.2 Å². The van der Waals surface area contributed by atoms with Gasteiger partial charge in [0.05, 0.1) is 74.8 Å². The molecule has 17 rings (SSSR count). The zero-order valence-electron chi connectivity index (χ0n) is 69.4. The third-order valence-corrected chi connectivity index (χ3v) is 19.9. The summed E-state index contributed by atoms with van der Waals surface area (Å²) in [5.41, 5.74) is 16.2. The van der Waals surface area contributed by atoms with Gasteiger partial charge < -0.3 is 64.6 Å². The van der Waals surface area contributed by atoms with Crippen molar-refractivity contribution in [1.82, 2.24) is 27.6 Å². The van der Waals surface area contributed by atoms with E-state index in [1.54, 1.807) is 88.1 Å². The molecule has 3 N–H and O–H groups in total. The lowest BCUT2D eigenvalue weighted by Crippen LogP contribution is -3.00. The first-order valence-electron chi connectivity index (χ1n) is 39.5. The number of aromatic nitrogens is 7. The molecule has 129 heavy (non-hydrogen) atoms. The number of carbonyl (C=O) groups excluding carboxylic acids is 7. The number of pyridine rings is 7. The number of fused-ring (bicyclic) bond motifs is 4. The summed E-state index contributed by atoms with van der Waals surface area (Å²) in [6.45, 7) is 5.36. The van der Waals surface area contributed by atoms with Gasteiger partial charge in [-0.3, -0.25) is 33.9 Å². The second kappa shape index (κ2) is 50.0. The van der Waals surface area contributed by atoms with Gasteiger partial charge >= 0.3 is 11.9 Å². The Balaban J connectivity index is 0.000000172. The number of hydrogen-bond acceptors (Lipinski definition) is 14. The molecule has 5 aromatic carbocycles. The van der Waals surface area contributed by atoms with Crippen molar-refractivity contribution in [3.05, 3.63) is 434 Å². The van der Waals surface area contributed by atoms with Crippen molar-refractivity contribution in [2.45, 2.75) is 52.1 Å². The number of esters is 2. The van der Waals surface area contributed by atoms with Crippen LogP contribution in [-0.4, -0.2) is 109 Å². The minimum absolute atomic E-state index is 0. The molecule has 1 atom stereocenters. The molecule has 1 aliphatic heterocycles. The molecule has 20 nitrogen and oxygen atoms in total. The fourth-order valence-electron chi connectivity index (χ4n) is 12.5. The number of nitrogen functional groups attached to an aromatic ring is 1. The first-order valence-corrected chi connectivity index (χ1v) is 41.0. The number of anilines is 2. The highest BCUT2D eigenvalue weighted by Crippen LogP contribution is 2.31. The molecule has 658 valence electrons. The summed E-state index contributed by atoms with van der Waals surface area (Å²) in [7, 11) is 6.77. The monoisotopic (exact) mass is 1890 g/mol. The number of Topliss-reactive ketones (excluding diaryl/α,β-unsaturated/α-hetero) is 1. The van der Waals surface area contributed by atoms with Crippen molar-refractivity contribution < 1.29 is 96.0 Å². The highest BCUT2D eigenvalue weighted by atomic mass is 79.9. The normalized spacial score (nSPS) is 11.6. The Labute approximate surface area is 771 Å². The molecule has 0 spiro atoms. The van der Waals surface area contributed by atoms with Crippen LogP contribution in [0.5, 0.6) is 0 Å². The Hall–Kier alpha value is -13.7. The molecule has 16 aromatic rings. The molecule has 1 unspecified atom stereocenters. The van der Waals surface area contributed by atoms with Crippen LogP contribution in [0, 0.1) is 29.1 Å². The van der Waals surface area contributed by atoms with Gasteiger partial charge in [0.2, 0.25) is 6.54 Å². The predicted octanol–water partition coefficient (Wildman–Crippen LogP) is 17.6. The third-order valence-electron chi connectivity index (χ3n) is 18.7. The fourth-order valence-corrected chi connectivity index (χ4v) is 13.3. The standard InChI is InChI=1S/C22H14Cl2FN3O2.C18H14FNO3.C15H10FNO.C15H12FN.C10H9FO2.C9H12NO2.C5H4Cl2N2.C4H7BO.BrH/c23-16-11-26-12-17(24)20(16)27-22(30)21(29)19-10-14(18-3-1-2-8-28(18)19)9-13-4-6-15(25)7-5-13;1-2-23-18(22)16-11-14(15-5-3-4-10-20(15)16)17(21)12-6-8-13(19)9-7-12;16-12-6-4-11(5-7-12)15(18)13-8-10-17-9-2-1-3-14(13)17;16-14-6-4-12(5-7-14)11-13-8-10-17-9-2-1-3-15(13)17;1-13-7-6-10(12)8-2-4-9(11)5-3-8;1-2-12-9(11)8-10-6-4-3-5-7-10;6-3-1-9-2-4(7)5(3)8;5-4-2-1-3-6-4;/h1-8,10-12H,9H2,(H,26,27,30);3-11H,2H2,1H3;1-10H;1-10H,11H2;2-7H,1H3;3-7H,2,8H2,1H3;1-2H,(H2,8,9);4H,1-3H2;1H/q;;;;;+1;;;/p-1/b;;;;7-6-;;;;. The average molecular weight is 1890 g/mol. The summed E-state index contributed by atoms with van der Waals surface area (Å²) in [6, 6.07) is 64.4. The number of nitrogens with zero attached hydrogens (tertiary/aromatic N) is 7. The Morgan fingerprint density at radius 3 is 1.47 bits per heavy atom. The lowest BCUT2D eigenvalue weighted by atomic mass is 9.98. The first kappa shape index (κ1) is 99.1. The first-order chi connectivity index (χ1) is 61.8. The summed E-state index contributed by atoms with van der Waals surface area (Å²) in [5, 5.41) is 3.49. The molecule has 31 heteroatoms. The zero-order valence-corrected chi connectivity index (χ0v) is 74.0. The lowest BCUT2D eigenvalue weighted by Gasteiger charge is -2.08. The maximum Gasteiger partial charge on any atom is 0.372 e. The number of methoxy groups -OCH3 is 1. The van der Waals surface area contributed by atoms with E-state index in [0.29, 0.717) is 62.1 Å². The minimum Gasteiger partial charge on any atom is -1.00 e. The van der Waals surface area contributed by atoms with Crippen LogP contribution in [0.3, 0.4) is 0 Å². The predicted molar refractivity (Wildman–Crippen MR) is 484 cm³/mol. The molecule has 2 radical (unpaired) electrons. The molecule has 0 saturated carbocycles. The number of ether oxygens (including phenoxy) is 4. The number of carbonyl (C=O) groups is 7. The summed E-state index contributed by atoms with van der Waals surface area (Å²) >= 11 is 23.1. The number of allylic oxidation sites excluding steroid dienone is 1. The van der Waals surface area contributed by atoms with Crippen molar-refractivity contribution in [1.29, 1.82) is 0 Å². The maximum absolute atomic E-state index is 13.2. The second-order valence-corrected chi connectivity index (χ2v) is 29.2. The molecule has 12 heterocycles. The number of nitrogens with one attached hydrogen (secondary N) is 1. The smallest absolute Gasteiger partial charge is 0.372 e. The quantitative estimate of drug-likeness (QED) is 0.0112. The SMILES string of the molecule is CCOC(=O)C[n+]1ccccc1.CCOC(=O)c1cc(C(=O)c2ccc(F)cc2)c2ccccn12.CO/C=C\C(=O)c1ccc(F)cc1.Fc1ccc(Cc2ccn3ccccc23)cc1.Nc1c(Cl)cncc1Cl.O=C(Nc1c(Cl)cncc1Cl)C(=O)c1cc(Cc2ccc(F)cc2)c2ccccn12.O=C(c1ccc(F)cc1)c1ccn2ccccc12.[B]C1CCCO1.[Br-]. The second-order valence-electron chi connectivity index (χ2n) is 27.6. The van der Waals surface area contributed by atoms with Crippen LogP contribution in [0.15, 0.2) is 323 Å². The average Bonchev–Trinajstić information content (AvgIpc) is 1.64. The largest absolute Gasteiger partial charge is 1.00 e. The highest BCUT2D eigenvalue weighted by molar-refractivity contribution is 6.48. The molecule has 11 aromatic heterocycles. The number of benzene rings is 5. The number of nitrogens with two attached hydrogens (primary N) is 1. The number of ketones is 4. The highest BCUT2D eigenvalue weighted by Gasteiger charge is 2.25.